The molecule has 0 aliphatic carbocycles. The second kappa shape index (κ2) is 9.28. The van der Waals surface area contributed by atoms with Crippen molar-refractivity contribution in [2.75, 3.05) is 18.4 Å². The molecule has 1 heterocycles. The molecule has 0 aromatic heterocycles. The molecule has 1 fully saturated rings. The monoisotopic (exact) mass is 381 g/mol. The van der Waals surface area contributed by atoms with Crippen molar-refractivity contribution in [2.24, 2.45) is 11.7 Å². The van der Waals surface area contributed by atoms with Gasteiger partial charge in [-0.25, -0.2) is 4.39 Å². The zero-order valence-corrected chi connectivity index (χ0v) is 15.6. The molecule has 0 bridgehead atoms. The molecule has 0 radical (unpaired) electrons. The molecule has 3 rings (SSSR count). The van der Waals surface area contributed by atoms with Gasteiger partial charge in [-0.15, -0.1) is 0 Å². The van der Waals surface area contributed by atoms with Crippen molar-refractivity contribution < 1.29 is 14.0 Å². The van der Waals surface area contributed by atoms with Crippen LogP contribution in [0.25, 0.3) is 6.08 Å². The van der Waals surface area contributed by atoms with Gasteiger partial charge < -0.3 is 11.1 Å². The molecule has 146 valence electrons. The number of halogens is 1. The Morgan fingerprint density at radius 1 is 1.14 bits per heavy atom. The van der Waals surface area contributed by atoms with E-state index in [1.165, 1.54) is 18.2 Å². The third-order valence-electron chi connectivity index (χ3n) is 4.83. The van der Waals surface area contributed by atoms with Crippen molar-refractivity contribution in [3.05, 3.63) is 71.6 Å². The first kappa shape index (κ1) is 19.8. The molecule has 1 unspecified atom stereocenters. The maximum Gasteiger partial charge on any atom is 0.248 e. The molecule has 5 nitrogen and oxygen atoms in total. The largest absolute Gasteiger partial charge is 0.369 e. The Balaban J connectivity index is 1.51. The third-order valence-corrected chi connectivity index (χ3v) is 4.83. The number of primary amides is 1. The molecule has 2 amide bonds. The molecule has 6 heteroatoms. The standard InChI is InChI=1S/C22H24FN3O2/c23-19-8-3-16(4-9-19)7-12-21(27)25-20-10-5-17(6-11-20)14-26-13-1-2-18(15-26)22(24)28/h3-12,18H,1-2,13-15H2,(H2,24,28)(H,25,27)/b12-7+. The highest BCUT2D eigenvalue weighted by Crippen LogP contribution is 2.19. The Kier molecular flexibility index (Phi) is 6.55. The van der Waals surface area contributed by atoms with Gasteiger partial charge in [0.05, 0.1) is 5.92 Å². The summed E-state index contributed by atoms with van der Waals surface area (Å²) >= 11 is 0. The van der Waals surface area contributed by atoms with Crippen LogP contribution in [0, 0.1) is 11.7 Å². The van der Waals surface area contributed by atoms with E-state index in [0.29, 0.717) is 12.2 Å². The Hall–Kier alpha value is -2.99. The molecule has 28 heavy (non-hydrogen) atoms. The number of hydrogen-bond acceptors (Lipinski definition) is 3. The number of benzene rings is 2. The van der Waals surface area contributed by atoms with Crippen LogP contribution in [0.15, 0.2) is 54.6 Å². The first-order chi connectivity index (χ1) is 13.5. The van der Waals surface area contributed by atoms with Crippen LogP contribution in [0.1, 0.15) is 24.0 Å². The minimum atomic E-state index is -0.309. The Bertz CT molecular complexity index is 847. The van der Waals surface area contributed by atoms with Gasteiger partial charge in [-0.05, 0) is 60.9 Å². The van der Waals surface area contributed by atoms with E-state index in [1.54, 1.807) is 18.2 Å². The van der Waals surface area contributed by atoms with E-state index in [9.17, 15) is 14.0 Å². The first-order valence-corrected chi connectivity index (χ1v) is 9.35. The van der Waals surface area contributed by atoms with Crippen molar-refractivity contribution in [1.29, 1.82) is 0 Å². The van der Waals surface area contributed by atoms with Gasteiger partial charge in [0.25, 0.3) is 0 Å². The van der Waals surface area contributed by atoms with Crippen LogP contribution < -0.4 is 11.1 Å². The Morgan fingerprint density at radius 3 is 2.54 bits per heavy atom. The summed E-state index contributed by atoms with van der Waals surface area (Å²) in [6.45, 7) is 2.40. The van der Waals surface area contributed by atoms with Crippen molar-refractivity contribution in [2.45, 2.75) is 19.4 Å². The maximum atomic E-state index is 12.9. The van der Waals surface area contributed by atoms with Crippen LogP contribution in [-0.4, -0.2) is 29.8 Å². The second-order valence-corrected chi connectivity index (χ2v) is 7.05. The van der Waals surface area contributed by atoms with E-state index in [2.05, 4.69) is 10.2 Å². The number of amides is 2. The van der Waals surface area contributed by atoms with Crippen molar-refractivity contribution in [3.63, 3.8) is 0 Å². The lowest BCUT2D eigenvalue weighted by Crippen LogP contribution is -2.40. The topological polar surface area (TPSA) is 75.4 Å². The van der Waals surface area contributed by atoms with Crippen molar-refractivity contribution in [3.8, 4) is 0 Å². The summed E-state index contributed by atoms with van der Waals surface area (Å²) in [5.41, 5.74) is 8.00. The molecule has 0 saturated carbocycles. The van der Waals surface area contributed by atoms with E-state index in [-0.39, 0.29) is 23.5 Å². The van der Waals surface area contributed by atoms with Crippen LogP contribution in [0.3, 0.4) is 0 Å². The number of anilines is 1. The quantitative estimate of drug-likeness (QED) is 0.755. The van der Waals surface area contributed by atoms with Crippen molar-refractivity contribution in [1.82, 2.24) is 4.90 Å². The zero-order valence-electron chi connectivity index (χ0n) is 15.6. The number of carbonyl (C=O) groups excluding carboxylic acids is 2. The van der Waals surface area contributed by atoms with E-state index >= 15 is 0 Å². The normalized spacial score (nSPS) is 17.5. The number of carbonyl (C=O) groups is 2. The second-order valence-electron chi connectivity index (χ2n) is 7.05. The first-order valence-electron chi connectivity index (χ1n) is 9.35. The van der Waals surface area contributed by atoms with E-state index in [0.717, 1.165) is 37.1 Å². The maximum absolute atomic E-state index is 12.9. The third kappa shape index (κ3) is 5.76. The molecule has 2 aromatic carbocycles. The fourth-order valence-corrected chi connectivity index (χ4v) is 3.31. The van der Waals surface area contributed by atoms with E-state index in [1.807, 2.05) is 24.3 Å². The lowest BCUT2D eigenvalue weighted by Gasteiger charge is -2.31. The highest BCUT2D eigenvalue weighted by Gasteiger charge is 2.23. The minimum Gasteiger partial charge on any atom is -0.369 e. The van der Waals surface area contributed by atoms with Crippen LogP contribution in [0.5, 0.6) is 0 Å². The molecule has 2 aromatic rings. The van der Waals surface area contributed by atoms with Crippen LogP contribution in [0.2, 0.25) is 0 Å². The minimum absolute atomic E-state index is 0.0693. The summed E-state index contributed by atoms with van der Waals surface area (Å²) in [6.07, 6.45) is 4.89. The molecular weight excluding hydrogens is 357 g/mol. The summed E-state index contributed by atoms with van der Waals surface area (Å²) < 4.78 is 12.9. The van der Waals surface area contributed by atoms with Crippen molar-refractivity contribution >= 4 is 23.6 Å². The van der Waals surface area contributed by atoms with Gasteiger partial charge in [-0.1, -0.05) is 24.3 Å². The predicted octanol–water partition coefficient (Wildman–Crippen LogP) is 3.17. The fourth-order valence-electron chi connectivity index (χ4n) is 3.31. The number of nitrogens with one attached hydrogen (secondary N) is 1. The van der Waals surface area contributed by atoms with Gasteiger partial charge in [-0.3, -0.25) is 14.5 Å². The lowest BCUT2D eigenvalue weighted by atomic mass is 9.97. The van der Waals surface area contributed by atoms with Crippen LogP contribution in [0.4, 0.5) is 10.1 Å². The number of likely N-dealkylation sites (tertiary alicyclic amines) is 1. The smallest absolute Gasteiger partial charge is 0.248 e. The number of nitrogens with two attached hydrogens (primary N) is 1. The highest BCUT2D eigenvalue weighted by atomic mass is 19.1. The molecule has 0 spiro atoms. The zero-order chi connectivity index (χ0) is 19.9. The summed E-state index contributed by atoms with van der Waals surface area (Å²) in [5.74, 6) is -0.856. The summed E-state index contributed by atoms with van der Waals surface area (Å²) in [6, 6.07) is 13.6. The lowest BCUT2D eigenvalue weighted by molar-refractivity contribution is -0.123. The summed E-state index contributed by atoms with van der Waals surface area (Å²) in [5, 5.41) is 2.80. The molecule has 1 aliphatic rings. The number of piperidine rings is 1. The molecule has 1 atom stereocenters. The Morgan fingerprint density at radius 2 is 1.86 bits per heavy atom. The van der Waals surface area contributed by atoms with E-state index < -0.39 is 0 Å². The average Bonchev–Trinajstić information content (AvgIpc) is 2.69. The van der Waals surface area contributed by atoms with Gasteiger partial charge in [0.2, 0.25) is 11.8 Å². The van der Waals surface area contributed by atoms with Gasteiger partial charge in [0, 0.05) is 24.9 Å². The SMILES string of the molecule is NC(=O)C1CCCN(Cc2ccc(NC(=O)/C=C/c3ccc(F)cc3)cc2)C1. The summed E-state index contributed by atoms with van der Waals surface area (Å²) in [7, 11) is 0. The van der Waals surface area contributed by atoms with Crippen LogP contribution in [-0.2, 0) is 16.1 Å². The van der Waals surface area contributed by atoms with Crippen LogP contribution >= 0.6 is 0 Å². The molecule has 1 saturated heterocycles. The van der Waals surface area contributed by atoms with Gasteiger partial charge >= 0.3 is 0 Å². The number of nitrogens with zero attached hydrogens (tertiary/aromatic N) is 1. The van der Waals surface area contributed by atoms with Gasteiger partial charge in [0.1, 0.15) is 5.82 Å². The molecule has 1 aliphatic heterocycles. The fraction of sp³-hybridized carbons (Fsp3) is 0.273. The van der Waals surface area contributed by atoms with Gasteiger partial charge in [0.15, 0.2) is 0 Å². The molecular formula is C22H24FN3O2. The number of hydrogen-bond donors (Lipinski definition) is 2. The summed E-state index contributed by atoms with van der Waals surface area (Å²) in [4.78, 5) is 25.7. The van der Waals surface area contributed by atoms with E-state index in [4.69, 9.17) is 5.73 Å². The molecule has 3 N–H and O–H groups in total. The average molecular weight is 381 g/mol. The number of rotatable bonds is 6. The van der Waals surface area contributed by atoms with Gasteiger partial charge in [-0.2, -0.15) is 0 Å². The Labute approximate surface area is 164 Å². The highest BCUT2D eigenvalue weighted by molar-refractivity contribution is 6.01. The predicted molar refractivity (Wildman–Crippen MR) is 108 cm³/mol.